The van der Waals surface area contributed by atoms with Crippen LogP contribution in [0.2, 0.25) is 0 Å². The van der Waals surface area contributed by atoms with E-state index < -0.39 is 35.0 Å². The Hall–Kier alpha value is -4.02. The van der Waals surface area contributed by atoms with Crippen LogP contribution in [0, 0.1) is 12.7 Å². The van der Waals surface area contributed by atoms with Gasteiger partial charge >= 0.3 is 6.18 Å². The number of hydrogen-bond acceptors (Lipinski definition) is 6. The lowest BCUT2D eigenvalue weighted by atomic mass is 10.1. The first-order valence-corrected chi connectivity index (χ1v) is 9.80. The van der Waals surface area contributed by atoms with Crippen LogP contribution in [0.1, 0.15) is 29.9 Å². The van der Waals surface area contributed by atoms with Crippen molar-refractivity contribution in [1.82, 2.24) is 19.5 Å². The van der Waals surface area contributed by atoms with E-state index in [0.29, 0.717) is 22.7 Å². The molecule has 0 bridgehead atoms. The summed E-state index contributed by atoms with van der Waals surface area (Å²) < 4.78 is 55.5. The second kappa shape index (κ2) is 8.15. The van der Waals surface area contributed by atoms with Crippen molar-refractivity contribution in [1.29, 1.82) is 0 Å². The first-order chi connectivity index (χ1) is 15.6. The number of rotatable bonds is 4. The van der Waals surface area contributed by atoms with Crippen molar-refractivity contribution in [3.05, 3.63) is 81.8 Å². The minimum absolute atomic E-state index is 0.0639. The van der Waals surface area contributed by atoms with Crippen molar-refractivity contribution >= 4 is 22.7 Å². The van der Waals surface area contributed by atoms with Gasteiger partial charge in [0.05, 0.1) is 22.6 Å². The molecule has 0 saturated heterocycles. The summed E-state index contributed by atoms with van der Waals surface area (Å²) in [7, 11) is 0. The topological polar surface area (TPSA) is 98.7 Å². The van der Waals surface area contributed by atoms with E-state index in [0.717, 1.165) is 6.07 Å². The molecule has 3 N–H and O–H groups in total. The number of anilines is 2. The van der Waals surface area contributed by atoms with Gasteiger partial charge in [0.15, 0.2) is 0 Å². The van der Waals surface area contributed by atoms with Gasteiger partial charge in [-0.15, -0.1) is 0 Å². The largest absolute Gasteiger partial charge is 0.421 e. The lowest BCUT2D eigenvalue weighted by molar-refractivity contribution is -0.137. The maximum atomic E-state index is 14.0. The van der Waals surface area contributed by atoms with Crippen LogP contribution in [-0.2, 0) is 6.18 Å². The van der Waals surface area contributed by atoms with E-state index in [1.54, 1.807) is 25.1 Å². The average Bonchev–Trinajstić information content (AvgIpc) is 2.72. The summed E-state index contributed by atoms with van der Waals surface area (Å²) in [6, 6.07) is 9.42. The van der Waals surface area contributed by atoms with E-state index in [4.69, 9.17) is 5.73 Å². The maximum Gasteiger partial charge on any atom is 0.421 e. The number of aromatic nitrogens is 4. The summed E-state index contributed by atoms with van der Waals surface area (Å²) in [6.45, 7) is 3.25. The fraction of sp³-hybridized carbons (Fsp3) is 0.182. The lowest BCUT2D eigenvalue weighted by Crippen LogP contribution is -2.28. The third-order valence-corrected chi connectivity index (χ3v) is 5.05. The van der Waals surface area contributed by atoms with Crippen LogP contribution in [0.25, 0.3) is 16.6 Å². The lowest BCUT2D eigenvalue weighted by Gasteiger charge is -2.22. The van der Waals surface area contributed by atoms with Gasteiger partial charge in [0.1, 0.15) is 23.0 Å². The molecular weight excluding hydrogens is 440 g/mol. The summed E-state index contributed by atoms with van der Waals surface area (Å²) in [5.74, 6) is -1.44. The number of benzene rings is 2. The number of halogens is 4. The van der Waals surface area contributed by atoms with Crippen molar-refractivity contribution in [2.24, 2.45) is 0 Å². The molecule has 1 atom stereocenters. The highest BCUT2D eigenvalue weighted by Gasteiger charge is 2.36. The van der Waals surface area contributed by atoms with Crippen LogP contribution >= 0.6 is 0 Å². The SMILES string of the molecule is Cc1cccc2nc([C@@H](C)Nc3nc(N)ncc3C(F)(F)F)n(-c3cccc(F)c3)c(=O)c12. The standard InChI is InChI=1S/C22H18F4N6O/c1-11-5-3-8-16-17(11)20(33)32(14-7-4-6-13(23)9-14)19(30-16)12(2)29-18-15(22(24,25)26)10-28-21(27)31-18/h3-10,12H,1-2H3,(H3,27,28,29,31)/t12-/m1/s1. The highest BCUT2D eigenvalue weighted by Crippen LogP contribution is 2.35. The van der Waals surface area contributed by atoms with Crippen LogP contribution in [0.4, 0.5) is 29.3 Å². The molecule has 0 saturated carbocycles. The molecule has 0 fully saturated rings. The Bertz CT molecular complexity index is 1420. The van der Waals surface area contributed by atoms with Gasteiger partial charge in [-0.2, -0.15) is 18.2 Å². The first kappa shape index (κ1) is 22.2. The molecule has 4 rings (SSSR count). The highest BCUT2D eigenvalue weighted by molar-refractivity contribution is 5.81. The third-order valence-electron chi connectivity index (χ3n) is 5.05. The molecule has 2 aromatic carbocycles. The van der Waals surface area contributed by atoms with Gasteiger partial charge in [0, 0.05) is 6.20 Å². The predicted octanol–water partition coefficient (Wildman–Crippen LogP) is 4.40. The first-order valence-electron chi connectivity index (χ1n) is 9.80. The third kappa shape index (κ3) is 4.21. The van der Waals surface area contributed by atoms with Crippen LogP contribution in [-0.4, -0.2) is 19.5 Å². The van der Waals surface area contributed by atoms with Crippen molar-refractivity contribution in [3.63, 3.8) is 0 Å². The molecule has 170 valence electrons. The molecule has 0 aliphatic heterocycles. The Morgan fingerprint density at radius 1 is 1.12 bits per heavy atom. The molecule has 0 aliphatic carbocycles. The molecule has 4 aromatic rings. The molecule has 0 spiro atoms. The van der Waals surface area contributed by atoms with Crippen molar-refractivity contribution in [3.8, 4) is 5.69 Å². The van der Waals surface area contributed by atoms with E-state index in [9.17, 15) is 22.4 Å². The predicted molar refractivity (Wildman–Crippen MR) is 116 cm³/mol. The molecule has 2 heterocycles. The summed E-state index contributed by atoms with van der Waals surface area (Å²) in [4.78, 5) is 25.1. The summed E-state index contributed by atoms with van der Waals surface area (Å²) in [5, 5.41) is 2.96. The number of fused-ring (bicyclic) bond motifs is 1. The minimum atomic E-state index is -4.74. The number of hydrogen-bond donors (Lipinski definition) is 2. The quantitative estimate of drug-likeness (QED) is 0.440. The highest BCUT2D eigenvalue weighted by atomic mass is 19.4. The number of aryl methyl sites for hydroxylation is 1. The summed E-state index contributed by atoms with van der Waals surface area (Å²) in [5.41, 5.74) is 5.08. The van der Waals surface area contributed by atoms with Gasteiger partial charge in [0.25, 0.3) is 5.56 Å². The van der Waals surface area contributed by atoms with Gasteiger partial charge in [-0.1, -0.05) is 18.2 Å². The number of alkyl halides is 3. The normalized spacial score (nSPS) is 12.7. The van der Waals surface area contributed by atoms with E-state index in [1.165, 1.54) is 29.7 Å². The van der Waals surface area contributed by atoms with E-state index in [2.05, 4.69) is 20.3 Å². The Labute approximate surface area is 184 Å². The van der Waals surface area contributed by atoms with E-state index in [1.807, 2.05) is 0 Å². The van der Waals surface area contributed by atoms with Gasteiger partial charge < -0.3 is 11.1 Å². The second-order valence-corrected chi connectivity index (χ2v) is 7.41. The summed E-state index contributed by atoms with van der Waals surface area (Å²) >= 11 is 0. The zero-order valence-electron chi connectivity index (χ0n) is 17.5. The monoisotopic (exact) mass is 458 g/mol. The summed E-state index contributed by atoms with van der Waals surface area (Å²) in [6.07, 6.45) is -4.17. The average molecular weight is 458 g/mol. The van der Waals surface area contributed by atoms with E-state index in [-0.39, 0.29) is 17.5 Å². The second-order valence-electron chi connectivity index (χ2n) is 7.41. The number of nitrogen functional groups attached to an aromatic ring is 1. The Morgan fingerprint density at radius 2 is 1.85 bits per heavy atom. The van der Waals surface area contributed by atoms with Crippen molar-refractivity contribution in [2.45, 2.75) is 26.1 Å². The van der Waals surface area contributed by atoms with Crippen LogP contribution in [0.5, 0.6) is 0 Å². The fourth-order valence-electron chi connectivity index (χ4n) is 3.55. The van der Waals surface area contributed by atoms with E-state index >= 15 is 0 Å². The molecule has 33 heavy (non-hydrogen) atoms. The van der Waals surface area contributed by atoms with Gasteiger partial charge in [-0.25, -0.2) is 14.4 Å². The fourth-order valence-corrected chi connectivity index (χ4v) is 3.55. The van der Waals surface area contributed by atoms with Crippen LogP contribution in [0.3, 0.4) is 0 Å². The molecule has 11 heteroatoms. The molecule has 7 nitrogen and oxygen atoms in total. The molecule has 0 unspecified atom stereocenters. The van der Waals surface area contributed by atoms with Crippen molar-refractivity contribution < 1.29 is 17.6 Å². The number of nitrogens with one attached hydrogen (secondary N) is 1. The minimum Gasteiger partial charge on any atom is -0.368 e. The van der Waals surface area contributed by atoms with Crippen LogP contribution < -0.4 is 16.6 Å². The zero-order chi connectivity index (χ0) is 23.9. The smallest absolute Gasteiger partial charge is 0.368 e. The molecule has 0 amide bonds. The zero-order valence-corrected chi connectivity index (χ0v) is 17.5. The van der Waals surface area contributed by atoms with Gasteiger partial charge in [-0.3, -0.25) is 9.36 Å². The molecule has 2 aromatic heterocycles. The van der Waals surface area contributed by atoms with Gasteiger partial charge in [0.2, 0.25) is 5.95 Å². The number of nitrogens with two attached hydrogens (primary N) is 1. The number of nitrogens with zero attached hydrogens (tertiary/aromatic N) is 4. The molecule has 0 radical (unpaired) electrons. The Morgan fingerprint density at radius 3 is 2.55 bits per heavy atom. The van der Waals surface area contributed by atoms with Crippen LogP contribution in [0.15, 0.2) is 53.5 Å². The molecular formula is C22H18F4N6O. The Kier molecular flexibility index (Phi) is 5.48. The van der Waals surface area contributed by atoms with Gasteiger partial charge in [-0.05, 0) is 43.7 Å². The Balaban J connectivity index is 1.94. The maximum absolute atomic E-state index is 14.0. The molecule has 0 aliphatic rings. The van der Waals surface area contributed by atoms with Crippen molar-refractivity contribution in [2.75, 3.05) is 11.1 Å².